The summed E-state index contributed by atoms with van der Waals surface area (Å²) in [4.78, 5) is 63.2. The van der Waals surface area contributed by atoms with Crippen LogP contribution in [0.25, 0.3) is 0 Å². The molecule has 0 aliphatic carbocycles. The highest BCUT2D eigenvalue weighted by molar-refractivity contribution is 6.07. The van der Waals surface area contributed by atoms with Crippen LogP contribution >= 0.6 is 0 Å². The first-order valence-electron chi connectivity index (χ1n) is 9.74. The fraction of sp³-hybridized carbons (Fsp3) is 0.500. The zero-order chi connectivity index (χ0) is 21.5. The molecule has 10 nitrogen and oxygen atoms in total. The van der Waals surface area contributed by atoms with Crippen LogP contribution in [0.4, 0.5) is 0 Å². The summed E-state index contributed by atoms with van der Waals surface area (Å²) in [5, 5.41) is 3.12. The van der Waals surface area contributed by atoms with Crippen molar-refractivity contribution in [3.05, 3.63) is 35.4 Å². The summed E-state index contributed by atoms with van der Waals surface area (Å²) in [5.41, 5.74) is 1.66. The minimum absolute atomic E-state index is 0.256. The predicted octanol–water partition coefficient (Wildman–Crippen LogP) is -0.510. The van der Waals surface area contributed by atoms with Crippen molar-refractivity contribution in [2.24, 2.45) is 11.8 Å². The van der Waals surface area contributed by atoms with E-state index in [-0.39, 0.29) is 23.6 Å². The topological polar surface area (TPSA) is 99.7 Å². The van der Waals surface area contributed by atoms with Crippen LogP contribution in [-0.2, 0) is 28.9 Å². The van der Waals surface area contributed by atoms with Crippen LogP contribution in [0.15, 0.2) is 24.3 Å². The fourth-order valence-electron chi connectivity index (χ4n) is 5.10. The van der Waals surface area contributed by atoms with Crippen molar-refractivity contribution >= 4 is 23.6 Å². The van der Waals surface area contributed by atoms with Crippen molar-refractivity contribution < 1.29 is 28.9 Å². The molecule has 0 bridgehead atoms. The summed E-state index contributed by atoms with van der Waals surface area (Å²) >= 11 is 0. The van der Waals surface area contributed by atoms with E-state index >= 15 is 0 Å². The maximum atomic E-state index is 12.6. The average Bonchev–Trinajstić information content (AvgIpc) is 3.37. The van der Waals surface area contributed by atoms with Crippen LogP contribution in [0.3, 0.4) is 0 Å². The number of hydrogen-bond acceptors (Lipinski definition) is 8. The summed E-state index contributed by atoms with van der Waals surface area (Å²) < 4.78 is 0. The molecular formula is C20H22N4O6. The van der Waals surface area contributed by atoms with Gasteiger partial charge in [0.1, 0.15) is 0 Å². The Morgan fingerprint density at radius 2 is 0.933 bits per heavy atom. The summed E-state index contributed by atoms with van der Waals surface area (Å²) in [6.45, 7) is 0. The van der Waals surface area contributed by atoms with Gasteiger partial charge in [-0.1, -0.05) is 24.3 Å². The van der Waals surface area contributed by atoms with E-state index in [1.807, 2.05) is 24.3 Å². The minimum Gasteiger partial charge on any atom is -0.284 e. The number of likely N-dealkylation sites (N-methyl/N-ethyl adjacent to an activating group) is 2. The Hall–Kier alpha value is -2.66. The van der Waals surface area contributed by atoms with Crippen molar-refractivity contribution in [2.75, 3.05) is 28.2 Å². The van der Waals surface area contributed by atoms with Gasteiger partial charge in [-0.15, -0.1) is 0 Å². The molecule has 4 fully saturated rings. The van der Waals surface area contributed by atoms with Crippen LogP contribution in [-0.4, -0.2) is 84.0 Å². The third-order valence-corrected chi connectivity index (χ3v) is 6.67. The van der Waals surface area contributed by atoms with E-state index in [1.165, 1.54) is 14.1 Å². The molecule has 4 aliphatic heterocycles. The number of amides is 4. The number of carbonyl (C=O) groups excluding carboxylic acids is 4. The predicted molar refractivity (Wildman–Crippen MR) is 99.7 cm³/mol. The SMILES string of the molecule is CN1C(=O)[C@H]2[C@H](ON(C)[C@@H]2c2ccc([C@@H]3[C@H]4C(=O)N(C)C(=O)[C@H]4ON3C)cc2)C1=O. The normalized spacial score (nSPS) is 36.9. The first-order chi connectivity index (χ1) is 14.2. The molecular weight excluding hydrogens is 392 g/mol. The first kappa shape index (κ1) is 19.3. The van der Waals surface area contributed by atoms with Crippen LogP contribution < -0.4 is 0 Å². The van der Waals surface area contributed by atoms with Crippen molar-refractivity contribution in [1.82, 2.24) is 19.9 Å². The maximum absolute atomic E-state index is 12.6. The lowest BCUT2D eigenvalue weighted by Gasteiger charge is -2.25. The first-order valence-corrected chi connectivity index (χ1v) is 9.74. The number of imide groups is 2. The van der Waals surface area contributed by atoms with Gasteiger partial charge in [0.15, 0.2) is 12.2 Å². The molecule has 4 saturated heterocycles. The van der Waals surface area contributed by atoms with E-state index in [2.05, 4.69) is 0 Å². The lowest BCUT2D eigenvalue weighted by Crippen LogP contribution is -2.33. The molecule has 30 heavy (non-hydrogen) atoms. The molecule has 6 atom stereocenters. The van der Waals surface area contributed by atoms with E-state index in [1.54, 1.807) is 24.2 Å². The van der Waals surface area contributed by atoms with E-state index < -0.39 is 36.1 Å². The number of rotatable bonds is 2. The van der Waals surface area contributed by atoms with Gasteiger partial charge in [-0.05, 0) is 11.1 Å². The van der Waals surface area contributed by atoms with Gasteiger partial charge in [-0.2, -0.15) is 10.1 Å². The van der Waals surface area contributed by atoms with Crippen LogP contribution in [0.5, 0.6) is 0 Å². The largest absolute Gasteiger partial charge is 0.284 e. The molecule has 0 unspecified atom stereocenters. The Morgan fingerprint density at radius 1 is 0.600 bits per heavy atom. The zero-order valence-corrected chi connectivity index (χ0v) is 17.0. The van der Waals surface area contributed by atoms with Crippen LogP contribution in [0.2, 0.25) is 0 Å². The van der Waals surface area contributed by atoms with Gasteiger partial charge in [0, 0.05) is 28.2 Å². The number of carbonyl (C=O) groups is 4. The van der Waals surface area contributed by atoms with E-state index in [9.17, 15) is 19.2 Å². The number of likely N-dealkylation sites (tertiary alicyclic amines) is 2. The van der Waals surface area contributed by atoms with Crippen molar-refractivity contribution in [3.63, 3.8) is 0 Å². The summed E-state index contributed by atoms with van der Waals surface area (Å²) in [7, 11) is 6.35. The number of nitrogens with zero attached hydrogens (tertiary/aromatic N) is 4. The number of fused-ring (bicyclic) bond motifs is 2. The van der Waals surface area contributed by atoms with E-state index in [0.29, 0.717) is 0 Å². The van der Waals surface area contributed by atoms with Gasteiger partial charge < -0.3 is 0 Å². The lowest BCUT2D eigenvalue weighted by molar-refractivity contribution is -0.169. The summed E-state index contributed by atoms with van der Waals surface area (Å²) in [6, 6.07) is 6.68. The summed E-state index contributed by atoms with van der Waals surface area (Å²) in [5.74, 6) is -2.37. The van der Waals surface area contributed by atoms with Crippen LogP contribution in [0.1, 0.15) is 23.2 Å². The summed E-state index contributed by atoms with van der Waals surface area (Å²) in [6.07, 6.45) is -1.60. The third-order valence-electron chi connectivity index (χ3n) is 6.67. The second-order valence-electron chi connectivity index (χ2n) is 8.22. The molecule has 0 radical (unpaired) electrons. The average molecular weight is 414 g/mol. The Morgan fingerprint density at radius 3 is 1.27 bits per heavy atom. The van der Waals surface area contributed by atoms with Gasteiger partial charge in [0.05, 0.1) is 23.9 Å². The van der Waals surface area contributed by atoms with Gasteiger partial charge >= 0.3 is 0 Å². The Kier molecular flexibility index (Phi) is 4.13. The van der Waals surface area contributed by atoms with Crippen molar-refractivity contribution in [3.8, 4) is 0 Å². The lowest BCUT2D eigenvalue weighted by atomic mass is 9.87. The van der Waals surface area contributed by atoms with Crippen molar-refractivity contribution in [1.29, 1.82) is 0 Å². The highest BCUT2D eigenvalue weighted by Crippen LogP contribution is 2.45. The highest BCUT2D eigenvalue weighted by atomic mass is 16.7. The quantitative estimate of drug-likeness (QED) is 0.597. The van der Waals surface area contributed by atoms with Gasteiger partial charge in [0.25, 0.3) is 11.8 Å². The number of benzene rings is 1. The minimum atomic E-state index is -0.801. The molecule has 0 spiro atoms. The molecule has 4 heterocycles. The van der Waals surface area contributed by atoms with Crippen LogP contribution in [0, 0.1) is 11.8 Å². The molecule has 0 saturated carbocycles. The Bertz CT molecular complexity index is 888. The molecule has 1 aromatic carbocycles. The molecule has 1 aromatic rings. The number of hydroxylamine groups is 4. The molecule has 158 valence electrons. The molecule has 10 heteroatoms. The Balaban J connectivity index is 1.44. The maximum Gasteiger partial charge on any atom is 0.261 e. The second kappa shape index (κ2) is 6.42. The van der Waals surface area contributed by atoms with E-state index in [4.69, 9.17) is 9.68 Å². The monoisotopic (exact) mass is 414 g/mol. The van der Waals surface area contributed by atoms with E-state index in [0.717, 1.165) is 20.9 Å². The standard InChI is InChI=1S/C20H22N4O6/c1-21-17(25)11-13(23(3)29-15(11)19(21)27)9-5-7-10(8-6-9)14-12-16(30-24(14)4)20(28)22(2)18(12)26/h5-8,11-16H,1-4H3/t11-,12-,13-,14-,15+,16+/m1/s1. The van der Waals surface area contributed by atoms with Gasteiger partial charge in [0.2, 0.25) is 11.8 Å². The molecule has 0 aromatic heterocycles. The zero-order valence-electron chi connectivity index (χ0n) is 17.0. The molecule has 4 amide bonds. The Labute approximate surface area is 172 Å². The molecule has 4 aliphatic rings. The van der Waals surface area contributed by atoms with Gasteiger partial charge in [-0.25, -0.2) is 0 Å². The smallest absolute Gasteiger partial charge is 0.261 e. The molecule has 5 rings (SSSR count). The third kappa shape index (κ3) is 2.38. The number of hydrogen-bond donors (Lipinski definition) is 0. The second-order valence-corrected chi connectivity index (χ2v) is 8.22. The van der Waals surface area contributed by atoms with Crippen molar-refractivity contribution in [2.45, 2.75) is 24.3 Å². The fourth-order valence-corrected chi connectivity index (χ4v) is 5.10. The highest BCUT2D eigenvalue weighted by Gasteiger charge is 2.59. The molecule has 0 N–H and O–H groups in total. The van der Waals surface area contributed by atoms with Gasteiger partial charge in [-0.3, -0.25) is 38.7 Å².